The summed E-state index contributed by atoms with van der Waals surface area (Å²) in [5, 5.41) is 4.48. The third-order valence-corrected chi connectivity index (χ3v) is 4.06. The molecule has 22 heavy (non-hydrogen) atoms. The molecule has 0 amide bonds. The second-order valence-electron chi connectivity index (χ2n) is 5.21. The summed E-state index contributed by atoms with van der Waals surface area (Å²) < 4.78 is 17.9. The maximum atomic E-state index is 5.63. The number of rotatable bonds is 5. The van der Waals surface area contributed by atoms with Crippen LogP contribution in [0.25, 0.3) is 11.5 Å². The minimum absolute atomic E-state index is 0.386. The van der Waals surface area contributed by atoms with Crippen LogP contribution in [0, 0.1) is 4.84 Å². The van der Waals surface area contributed by atoms with Crippen LogP contribution in [0.2, 0.25) is 0 Å². The normalized spacial score (nSPS) is 15.2. The molecule has 1 aliphatic rings. The lowest BCUT2D eigenvalue weighted by Gasteiger charge is -2.12. The Morgan fingerprint density at radius 3 is 2.59 bits per heavy atom. The molecule has 1 saturated heterocycles. The Hall–Kier alpha value is -1.86. The van der Waals surface area contributed by atoms with Crippen molar-refractivity contribution in [3.05, 3.63) is 23.0 Å². The Morgan fingerprint density at radius 1 is 1.18 bits per heavy atom. The highest BCUT2D eigenvalue weighted by atomic mass is 32.1. The van der Waals surface area contributed by atoms with Gasteiger partial charge in [-0.25, -0.2) is 4.68 Å². The van der Waals surface area contributed by atoms with E-state index in [4.69, 9.17) is 26.1 Å². The molecule has 0 unspecified atom stereocenters. The quantitative estimate of drug-likeness (QED) is 0.789. The minimum Gasteiger partial charge on any atom is -0.493 e. The number of likely N-dealkylation sites (tertiary alicyclic amines) is 1. The average molecular weight is 321 g/mol. The zero-order valence-corrected chi connectivity index (χ0v) is 13.6. The zero-order valence-electron chi connectivity index (χ0n) is 12.7. The number of aromatic nitrogens is 2. The van der Waals surface area contributed by atoms with Crippen LogP contribution in [0.4, 0.5) is 0 Å². The molecule has 0 saturated carbocycles. The van der Waals surface area contributed by atoms with Crippen molar-refractivity contribution in [2.75, 3.05) is 27.3 Å². The van der Waals surface area contributed by atoms with Crippen molar-refractivity contribution in [2.45, 2.75) is 19.5 Å². The van der Waals surface area contributed by atoms with Gasteiger partial charge in [-0.2, -0.15) is 0 Å². The number of benzene rings is 1. The van der Waals surface area contributed by atoms with Gasteiger partial charge in [0.05, 0.1) is 20.9 Å². The Balaban J connectivity index is 1.87. The van der Waals surface area contributed by atoms with Crippen LogP contribution in [-0.2, 0) is 6.67 Å². The van der Waals surface area contributed by atoms with Crippen LogP contribution in [-0.4, -0.2) is 42.0 Å². The molecule has 0 atom stereocenters. The molecule has 1 aromatic heterocycles. The molecular formula is C15H19N3O3S. The van der Waals surface area contributed by atoms with E-state index in [9.17, 15) is 0 Å². The van der Waals surface area contributed by atoms with E-state index in [-0.39, 0.29) is 0 Å². The Labute approximate surface area is 134 Å². The van der Waals surface area contributed by atoms with E-state index >= 15 is 0 Å². The molecule has 0 aliphatic carbocycles. The van der Waals surface area contributed by atoms with Gasteiger partial charge in [0.25, 0.3) is 4.84 Å². The Bertz CT molecular complexity index is 704. The summed E-state index contributed by atoms with van der Waals surface area (Å²) in [4.78, 5) is 2.70. The standard InChI is InChI=1S/C15H19N3O3S/c1-19-12-6-5-11(9-13(12)20-2)14-16-18(15(22)21-14)10-17-7-3-4-8-17/h5-6,9H,3-4,7-8,10H2,1-2H3. The summed E-state index contributed by atoms with van der Waals surface area (Å²) in [6.45, 7) is 2.84. The molecule has 1 fully saturated rings. The number of hydrogen-bond donors (Lipinski definition) is 0. The van der Waals surface area contributed by atoms with Gasteiger partial charge >= 0.3 is 0 Å². The van der Waals surface area contributed by atoms with E-state index in [1.807, 2.05) is 18.2 Å². The molecule has 0 radical (unpaired) electrons. The molecule has 0 bridgehead atoms. The van der Waals surface area contributed by atoms with E-state index in [1.54, 1.807) is 18.9 Å². The Morgan fingerprint density at radius 2 is 1.91 bits per heavy atom. The third kappa shape index (κ3) is 3.00. The summed E-state index contributed by atoms with van der Waals surface area (Å²) in [6.07, 6.45) is 2.46. The molecule has 1 aliphatic heterocycles. The van der Waals surface area contributed by atoms with Crippen molar-refractivity contribution in [2.24, 2.45) is 0 Å². The maximum Gasteiger partial charge on any atom is 0.288 e. The highest BCUT2D eigenvalue weighted by Crippen LogP contribution is 2.31. The minimum atomic E-state index is 0.386. The van der Waals surface area contributed by atoms with E-state index in [1.165, 1.54) is 12.8 Å². The highest BCUT2D eigenvalue weighted by Gasteiger charge is 2.16. The maximum absolute atomic E-state index is 5.63. The van der Waals surface area contributed by atoms with E-state index in [0.29, 0.717) is 28.9 Å². The van der Waals surface area contributed by atoms with Gasteiger partial charge in [-0.1, -0.05) is 0 Å². The second-order valence-corrected chi connectivity index (χ2v) is 5.56. The number of ether oxygens (including phenoxy) is 2. The van der Waals surface area contributed by atoms with Crippen molar-refractivity contribution in [1.29, 1.82) is 0 Å². The lowest BCUT2D eigenvalue weighted by Crippen LogP contribution is -2.23. The predicted octanol–water partition coefficient (Wildman–Crippen LogP) is 2.94. The van der Waals surface area contributed by atoms with Crippen LogP contribution in [0.1, 0.15) is 12.8 Å². The monoisotopic (exact) mass is 321 g/mol. The van der Waals surface area contributed by atoms with E-state index < -0.39 is 0 Å². The van der Waals surface area contributed by atoms with Gasteiger partial charge in [0.1, 0.15) is 0 Å². The molecule has 7 heteroatoms. The molecule has 118 valence electrons. The van der Waals surface area contributed by atoms with E-state index in [0.717, 1.165) is 18.7 Å². The summed E-state index contributed by atoms with van der Waals surface area (Å²) in [7, 11) is 3.21. The molecule has 6 nitrogen and oxygen atoms in total. The first-order valence-electron chi connectivity index (χ1n) is 7.24. The first-order chi connectivity index (χ1) is 10.7. The van der Waals surface area contributed by atoms with Crippen molar-refractivity contribution in [3.8, 4) is 23.0 Å². The lowest BCUT2D eigenvalue weighted by atomic mass is 10.2. The highest BCUT2D eigenvalue weighted by molar-refractivity contribution is 7.71. The summed E-state index contributed by atoms with van der Waals surface area (Å²) in [5.74, 6) is 1.79. The summed E-state index contributed by atoms with van der Waals surface area (Å²) in [6, 6.07) is 5.54. The van der Waals surface area contributed by atoms with Gasteiger partial charge in [-0.3, -0.25) is 4.90 Å². The van der Waals surface area contributed by atoms with Crippen LogP contribution in [0.15, 0.2) is 22.6 Å². The van der Waals surface area contributed by atoms with Gasteiger partial charge in [0.2, 0.25) is 5.89 Å². The molecule has 3 rings (SSSR count). The molecule has 0 spiro atoms. The fourth-order valence-corrected chi connectivity index (χ4v) is 2.77. The topological polar surface area (TPSA) is 52.7 Å². The van der Waals surface area contributed by atoms with Crippen molar-refractivity contribution in [1.82, 2.24) is 14.7 Å². The zero-order chi connectivity index (χ0) is 15.5. The van der Waals surface area contributed by atoms with Gasteiger partial charge in [-0.05, 0) is 56.3 Å². The molecule has 2 aromatic rings. The summed E-state index contributed by atoms with van der Waals surface area (Å²) in [5.41, 5.74) is 0.809. The molecule has 0 N–H and O–H groups in total. The van der Waals surface area contributed by atoms with Crippen LogP contribution in [0.5, 0.6) is 11.5 Å². The second kappa shape index (κ2) is 6.50. The van der Waals surface area contributed by atoms with Crippen molar-refractivity contribution in [3.63, 3.8) is 0 Å². The van der Waals surface area contributed by atoms with E-state index in [2.05, 4.69) is 10.00 Å². The molecular weight excluding hydrogens is 302 g/mol. The average Bonchev–Trinajstić information content (AvgIpc) is 3.17. The van der Waals surface area contributed by atoms with Crippen molar-refractivity contribution < 1.29 is 13.9 Å². The number of nitrogens with zero attached hydrogens (tertiary/aromatic N) is 3. The molecule has 2 heterocycles. The van der Waals surface area contributed by atoms with Gasteiger partial charge < -0.3 is 13.9 Å². The first-order valence-corrected chi connectivity index (χ1v) is 7.65. The van der Waals surface area contributed by atoms with Crippen LogP contribution >= 0.6 is 12.2 Å². The lowest BCUT2D eigenvalue weighted by molar-refractivity contribution is 0.249. The third-order valence-electron chi connectivity index (χ3n) is 3.77. The largest absolute Gasteiger partial charge is 0.493 e. The fraction of sp³-hybridized carbons (Fsp3) is 0.467. The SMILES string of the molecule is COc1ccc(-c2nn(CN3CCCC3)c(=S)o2)cc1OC. The van der Waals surface area contributed by atoms with Crippen molar-refractivity contribution >= 4 is 12.2 Å². The number of methoxy groups -OCH3 is 2. The Kier molecular flexibility index (Phi) is 4.44. The van der Waals surface area contributed by atoms with Gasteiger partial charge in [-0.15, -0.1) is 5.10 Å². The van der Waals surface area contributed by atoms with Crippen LogP contribution in [0.3, 0.4) is 0 Å². The number of hydrogen-bond acceptors (Lipinski definition) is 6. The predicted molar refractivity (Wildman–Crippen MR) is 84.7 cm³/mol. The van der Waals surface area contributed by atoms with Gasteiger partial charge in [0.15, 0.2) is 11.5 Å². The van der Waals surface area contributed by atoms with Crippen LogP contribution < -0.4 is 9.47 Å². The smallest absolute Gasteiger partial charge is 0.288 e. The summed E-state index contributed by atoms with van der Waals surface area (Å²) >= 11 is 5.27. The first kappa shape index (κ1) is 15.1. The molecule has 1 aromatic carbocycles. The van der Waals surface area contributed by atoms with Gasteiger partial charge in [0, 0.05) is 5.56 Å². The fourth-order valence-electron chi connectivity index (χ4n) is 2.60.